The average Bonchev–Trinajstić information content (AvgIpc) is 3.92. The molecule has 8 rings (SSSR count). The molecule has 0 bridgehead atoms. The smallest absolute Gasteiger partial charge is 0.304 e. The normalized spacial score (nSPS) is 13.9. The zero-order valence-corrected chi connectivity index (χ0v) is 29.4. The minimum absolute atomic E-state index is 0.0266. The SMILES string of the molecule is O=S(=O)(O)c1cc2c(s1)-c1c(c(C(F)=CCCCC=C(F)c3nn(Cc4ccccc4)c4c3COc3ccsc3-4)nn1Cc1ccccc1)CO2. The van der Waals surface area contributed by atoms with Crippen molar-refractivity contribution in [3.8, 4) is 32.6 Å². The van der Waals surface area contributed by atoms with Crippen LogP contribution >= 0.6 is 22.7 Å². The molecule has 2 aliphatic rings. The summed E-state index contributed by atoms with van der Waals surface area (Å²) in [4.78, 5) is 1.37. The largest absolute Gasteiger partial charge is 0.487 e. The van der Waals surface area contributed by atoms with Gasteiger partial charge in [0.05, 0.1) is 34.2 Å². The molecule has 4 aromatic heterocycles. The van der Waals surface area contributed by atoms with Crippen molar-refractivity contribution in [1.82, 2.24) is 19.6 Å². The van der Waals surface area contributed by atoms with Crippen molar-refractivity contribution in [2.24, 2.45) is 0 Å². The molecule has 0 spiro atoms. The van der Waals surface area contributed by atoms with Gasteiger partial charge in [0.1, 0.15) is 47.8 Å². The van der Waals surface area contributed by atoms with Crippen LogP contribution in [0.2, 0.25) is 0 Å². The van der Waals surface area contributed by atoms with Gasteiger partial charge in [-0.25, -0.2) is 8.78 Å². The van der Waals surface area contributed by atoms with Gasteiger partial charge in [-0.05, 0) is 54.0 Å². The van der Waals surface area contributed by atoms with E-state index < -0.39 is 21.8 Å². The van der Waals surface area contributed by atoms with Crippen molar-refractivity contribution in [2.75, 3.05) is 0 Å². The zero-order chi connectivity index (χ0) is 35.1. The third-order valence-electron chi connectivity index (χ3n) is 8.69. The number of rotatable bonds is 11. The minimum atomic E-state index is -4.47. The first-order chi connectivity index (χ1) is 24.7. The van der Waals surface area contributed by atoms with Gasteiger partial charge in [-0.15, -0.1) is 22.7 Å². The number of allylic oxidation sites excluding steroid dienone is 2. The molecule has 0 saturated heterocycles. The number of hydrogen-bond donors (Lipinski definition) is 1. The molecule has 14 heteroatoms. The van der Waals surface area contributed by atoms with Gasteiger partial charge in [0.15, 0.2) is 4.21 Å². The van der Waals surface area contributed by atoms with E-state index in [9.17, 15) is 13.0 Å². The van der Waals surface area contributed by atoms with Crippen LogP contribution in [0, 0.1) is 0 Å². The fourth-order valence-electron chi connectivity index (χ4n) is 6.31. The van der Waals surface area contributed by atoms with Gasteiger partial charge in [0, 0.05) is 17.2 Å². The highest BCUT2D eigenvalue weighted by molar-refractivity contribution is 7.88. The summed E-state index contributed by atoms with van der Waals surface area (Å²) >= 11 is 2.38. The van der Waals surface area contributed by atoms with Crippen molar-refractivity contribution in [3.05, 3.63) is 124 Å². The van der Waals surface area contributed by atoms with Crippen LogP contribution in [0.1, 0.15) is 52.9 Å². The Bertz CT molecular complexity index is 2410. The van der Waals surface area contributed by atoms with E-state index in [1.165, 1.54) is 29.6 Å². The molecule has 260 valence electrons. The second-order valence-corrected chi connectivity index (χ2v) is 15.7. The Morgan fingerprint density at radius 3 is 1.86 bits per heavy atom. The maximum atomic E-state index is 15.8. The molecule has 51 heavy (non-hydrogen) atoms. The molecule has 1 N–H and O–H groups in total. The van der Waals surface area contributed by atoms with Gasteiger partial charge in [-0.1, -0.05) is 60.7 Å². The number of fused-ring (bicyclic) bond motifs is 6. The summed E-state index contributed by atoms with van der Waals surface area (Å²) in [6.07, 6.45) is 4.05. The standard InChI is InChI=1S/C37H30F2N4O5S3/c38-27(32-25-21-47-29-16-17-49-36(29)34(25)42(40-32)19-23-10-4-1-5-11-23)14-8-3-9-15-28(39)33-26-22-48-30-18-31(51(44,45)46)50-37(30)35(26)43(41-33)20-24-12-6-2-7-13-24/h1-2,4-7,10-18H,3,8-9,19-22H2,(H,44,45,46). The van der Waals surface area contributed by atoms with Crippen LogP contribution in [0.25, 0.3) is 32.8 Å². The molecule has 0 radical (unpaired) electrons. The molecule has 2 aliphatic heterocycles. The Hall–Kier alpha value is -4.89. The topological polar surface area (TPSA) is 108 Å². The number of benzene rings is 2. The van der Waals surface area contributed by atoms with E-state index in [4.69, 9.17) is 14.6 Å². The highest BCUT2D eigenvalue weighted by atomic mass is 32.3. The molecular weight excluding hydrogens is 715 g/mol. The van der Waals surface area contributed by atoms with Gasteiger partial charge < -0.3 is 9.47 Å². The van der Waals surface area contributed by atoms with Crippen molar-refractivity contribution in [1.29, 1.82) is 0 Å². The van der Waals surface area contributed by atoms with E-state index in [0.29, 0.717) is 54.0 Å². The summed E-state index contributed by atoms with van der Waals surface area (Å²) in [6, 6.07) is 22.6. The Balaban J connectivity index is 1.02. The van der Waals surface area contributed by atoms with E-state index in [2.05, 4.69) is 5.10 Å². The van der Waals surface area contributed by atoms with Crippen LogP contribution in [-0.2, 0) is 36.4 Å². The maximum Gasteiger partial charge on any atom is 0.304 e. The molecule has 0 unspecified atom stereocenters. The monoisotopic (exact) mass is 744 g/mol. The number of hydrogen-bond acceptors (Lipinski definition) is 8. The Kier molecular flexibility index (Phi) is 8.92. The summed E-state index contributed by atoms with van der Waals surface area (Å²) in [6.45, 7) is 0.987. The van der Waals surface area contributed by atoms with Crippen molar-refractivity contribution in [3.63, 3.8) is 0 Å². The van der Waals surface area contributed by atoms with E-state index in [1.807, 2.05) is 76.8 Å². The second-order valence-electron chi connectivity index (χ2n) is 12.1. The quantitative estimate of drug-likeness (QED) is 0.104. The summed E-state index contributed by atoms with van der Waals surface area (Å²) in [5, 5.41) is 11.3. The van der Waals surface area contributed by atoms with Gasteiger partial charge in [-0.3, -0.25) is 13.9 Å². The molecule has 0 atom stereocenters. The Morgan fingerprint density at radius 1 is 0.784 bits per heavy atom. The Labute approximate surface area is 300 Å². The lowest BCUT2D eigenvalue weighted by atomic mass is 10.1. The molecule has 9 nitrogen and oxygen atoms in total. The fourth-order valence-corrected chi connectivity index (χ4v) is 9.06. The number of unbranched alkanes of at least 4 members (excludes halogenated alkanes) is 2. The van der Waals surface area contributed by atoms with Crippen LogP contribution in [0.5, 0.6) is 11.5 Å². The predicted molar refractivity (Wildman–Crippen MR) is 193 cm³/mol. The lowest BCUT2D eigenvalue weighted by Gasteiger charge is -2.16. The predicted octanol–water partition coefficient (Wildman–Crippen LogP) is 9.16. The fraction of sp³-hybridized carbons (Fsp3) is 0.189. The molecule has 0 fully saturated rings. The average molecular weight is 745 g/mol. The summed E-state index contributed by atoms with van der Waals surface area (Å²) in [5.74, 6) is 0.0438. The first-order valence-electron chi connectivity index (χ1n) is 16.2. The molecular formula is C37H30F2N4O5S3. The summed E-state index contributed by atoms with van der Waals surface area (Å²) < 4.78 is 80.0. The summed E-state index contributed by atoms with van der Waals surface area (Å²) in [7, 11) is -4.47. The van der Waals surface area contributed by atoms with Gasteiger partial charge in [-0.2, -0.15) is 18.6 Å². The lowest BCUT2D eigenvalue weighted by molar-refractivity contribution is 0.302. The first-order valence-corrected chi connectivity index (χ1v) is 19.3. The van der Waals surface area contributed by atoms with Gasteiger partial charge >= 0.3 is 10.1 Å². The van der Waals surface area contributed by atoms with Crippen molar-refractivity contribution < 1.29 is 31.2 Å². The molecule has 0 amide bonds. The first kappa shape index (κ1) is 33.3. The van der Waals surface area contributed by atoms with E-state index in [-0.39, 0.29) is 34.6 Å². The highest BCUT2D eigenvalue weighted by Gasteiger charge is 2.32. The third kappa shape index (κ3) is 6.55. The van der Waals surface area contributed by atoms with Gasteiger partial charge in [0.2, 0.25) is 0 Å². The zero-order valence-electron chi connectivity index (χ0n) is 27.0. The molecule has 6 aromatic rings. The molecule has 2 aromatic carbocycles. The number of nitrogens with zero attached hydrogens (tertiary/aromatic N) is 4. The number of ether oxygens (including phenoxy) is 2. The summed E-state index contributed by atoms with van der Waals surface area (Å²) in [5.41, 5.74) is 4.90. The van der Waals surface area contributed by atoms with Crippen LogP contribution in [-0.4, -0.2) is 32.5 Å². The van der Waals surface area contributed by atoms with Crippen molar-refractivity contribution in [2.45, 2.75) is 49.8 Å². The second kappa shape index (κ2) is 13.7. The molecule has 6 heterocycles. The van der Waals surface area contributed by atoms with E-state index in [1.54, 1.807) is 4.68 Å². The highest BCUT2D eigenvalue weighted by Crippen LogP contribution is 2.47. The minimum Gasteiger partial charge on any atom is -0.487 e. The van der Waals surface area contributed by atoms with Gasteiger partial charge in [0.25, 0.3) is 0 Å². The van der Waals surface area contributed by atoms with Crippen LogP contribution < -0.4 is 9.47 Å². The number of halogens is 2. The lowest BCUT2D eigenvalue weighted by Crippen LogP contribution is -2.08. The van der Waals surface area contributed by atoms with Crippen LogP contribution in [0.4, 0.5) is 8.78 Å². The maximum absolute atomic E-state index is 15.8. The van der Waals surface area contributed by atoms with E-state index in [0.717, 1.165) is 38.8 Å². The molecule has 0 aliphatic carbocycles. The third-order valence-corrected chi connectivity index (χ3v) is 12.0. The molecule has 0 saturated carbocycles. The van der Waals surface area contributed by atoms with Crippen molar-refractivity contribution >= 4 is 44.4 Å². The van der Waals surface area contributed by atoms with Crippen LogP contribution in [0.15, 0.2) is 94.5 Å². The van der Waals surface area contributed by atoms with Crippen LogP contribution in [0.3, 0.4) is 0 Å². The Morgan fingerprint density at radius 2 is 1.31 bits per heavy atom. The van der Waals surface area contributed by atoms with E-state index >= 15 is 8.78 Å². The number of aromatic nitrogens is 4. The number of thiophene rings is 2.